The molecule has 2 N–H and O–H groups in total. The number of pyridine rings is 1. The SMILES string of the molecule is Cc1csnc1-c1cc(N)c2cnc(C3CC3C#N)cc2c1. The molecule has 1 aliphatic carbocycles. The molecule has 4 nitrogen and oxygen atoms in total. The van der Waals surface area contributed by atoms with Crippen molar-refractivity contribution in [3.63, 3.8) is 0 Å². The van der Waals surface area contributed by atoms with Crippen LogP contribution in [-0.4, -0.2) is 9.36 Å². The van der Waals surface area contributed by atoms with Crippen LogP contribution >= 0.6 is 11.5 Å². The summed E-state index contributed by atoms with van der Waals surface area (Å²) < 4.78 is 4.46. The smallest absolute Gasteiger partial charge is 0.0870 e. The predicted molar refractivity (Wildman–Crippen MR) is 88.5 cm³/mol. The summed E-state index contributed by atoms with van der Waals surface area (Å²) in [6.07, 6.45) is 2.74. The van der Waals surface area contributed by atoms with Crippen LogP contribution in [0.25, 0.3) is 22.0 Å². The molecule has 2 heterocycles. The highest BCUT2D eigenvalue weighted by Gasteiger charge is 2.39. The van der Waals surface area contributed by atoms with Crippen LogP contribution in [0.15, 0.2) is 29.8 Å². The lowest BCUT2D eigenvalue weighted by atomic mass is 10.0. The van der Waals surface area contributed by atoms with Gasteiger partial charge >= 0.3 is 0 Å². The second kappa shape index (κ2) is 4.79. The number of hydrogen-bond acceptors (Lipinski definition) is 5. The predicted octanol–water partition coefficient (Wildman–Crippen LogP) is 3.88. The van der Waals surface area contributed by atoms with Crippen LogP contribution in [0.1, 0.15) is 23.6 Å². The van der Waals surface area contributed by atoms with Gasteiger partial charge in [0.1, 0.15) is 0 Å². The van der Waals surface area contributed by atoms with Gasteiger partial charge in [-0.1, -0.05) is 0 Å². The summed E-state index contributed by atoms with van der Waals surface area (Å²) >= 11 is 1.45. The Morgan fingerprint density at radius 1 is 1.36 bits per heavy atom. The number of nitrogen functional groups attached to an aromatic ring is 1. The Morgan fingerprint density at radius 2 is 2.23 bits per heavy atom. The third-order valence-electron chi connectivity index (χ3n) is 4.25. The van der Waals surface area contributed by atoms with Crippen molar-refractivity contribution in [3.8, 4) is 17.3 Å². The van der Waals surface area contributed by atoms with E-state index in [-0.39, 0.29) is 11.8 Å². The lowest BCUT2D eigenvalue weighted by molar-refractivity contribution is 0.968. The fourth-order valence-corrected chi connectivity index (χ4v) is 3.55. The summed E-state index contributed by atoms with van der Waals surface area (Å²) in [6.45, 7) is 2.05. The number of nitrogens with zero attached hydrogens (tertiary/aromatic N) is 3. The van der Waals surface area contributed by atoms with Gasteiger partial charge in [-0.15, -0.1) is 0 Å². The maximum atomic E-state index is 8.99. The largest absolute Gasteiger partial charge is 0.398 e. The van der Waals surface area contributed by atoms with E-state index in [1.165, 1.54) is 11.5 Å². The van der Waals surface area contributed by atoms with Gasteiger partial charge in [0.05, 0.1) is 17.7 Å². The average molecular weight is 306 g/mol. The quantitative estimate of drug-likeness (QED) is 0.729. The third-order valence-corrected chi connectivity index (χ3v) is 4.99. The first kappa shape index (κ1) is 13.2. The minimum atomic E-state index is 0.117. The molecule has 0 amide bonds. The minimum absolute atomic E-state index is 0.117. The van der Waals surface area contributed by atoms with Crippen LogP contribution in [0, 0.1) is 24.2 Å². The van der Waals surface area contributed by atoms with Gasteiger partial charge in [0, 0.05) is 39.8 Å². The number of fused-ring (bicyclic) bond motifs is 1. The first-order valence-corrected chi connectivity index (χ1v) is 8.01. The molecule has 22 heavy (non-hydrogen) atoms. The fourth-order valence-electron chi connectivity index (χ4n) is 2.87. The van der Waals surface area contributed by atoms with E-state index in [1.54, 1.807) is 0 Å². The number of aromatic nitrogens is 2. The van der Waals surface area contributed by atoms with E-state index < -0.39 is 0 Å². The molecule has 108 valence electrons. The number of anilines is 1. The third kappa shape index (κ3) is 2.04. The molecule has 1 saturated carbocycles. The van der Waals surface area contributed by atoms with E-state index in [0.29, 0.717) is 5.69 Å². The molecule has 3 aromatic rings. The van der Waals surface area contributed by atoms with Gasteiger partial charge in [0.2, 0.25) is 0 Å². The van der Waals surface area contributed by atoms with Crippen molar-refractivity contribution < 1.29 is 0 Å². The second-order valence-electron chi connectivity index (χ2n) is 5.82. The normalized spacial score (nSPS) is 20.0. The lowest BCUT2D eigenvalue weighted by Crippen LogP contribution is -1.94. The van der Waals surface area contributed by atoms with Crippen LogP contribution in [0.4, 0.5) is 5.69 Å². The molecule has 1 fully saturated rings. The van der Waals surface area contributed by atoms with Crippen LogP contribution < -0.4 is 5.73 Å². The maximum absolute atomic E-state index is 8.99. The van der Waals surface area contributed by atoms with Crippen molar-refractivity contribution in [2.24, 2.45) is 5.92 Å². The molecule has 2 unspecified atom stereocenters. The highest BCUT2D eigenvalue weighted by Crippen LogP contribution is 2.46. The summed E-state index contributed by atoms with van der Waals surface area (Å²) in [5.41, 5.74) is 11.1. The fraction of sp³-hybridized carbons (Fsp3) is 0.235. The number of nitriles is 1. The maximum Gasteiger partial charge on any atom is 0.0870 e. The van der Waals surface area contributed by atoms with Crippen molar-refractivity contribution in [1.82, 2.24) is 9.36 Å². The Hall–Kier alpha value is -2.45. The summed E-state index contributed by atoms with van der Waals surface area (Å²) in [4.78, 5) is 4.49. The Morgan fingerprint density at radius 3 is 2.91 bits per heavy atom. The van der Waals surface area contributed by atoms with Gasteiger partial charge in [0.15, 0.2) is 0 Å². The van der Waals surface area contributed by atoms with Crippen molar-refractivity contribution >= 4 is 28.0 Å². The van der Waals surface area contributed by atoms with Gasteiger partial charge in [-0.2, -0.15) is 9.64 Å². The van der Waals surface area contributed by atoms with Crippen LogP contribution in [-0.2, 0) is 0 Å². The summed E-state index contributed by atoms with van der Waals surface area (Å²) in [5, 5.41) is 13.0. The molecule has 0 radical (unpaired) electrons. The number of nitrogens with two attached hydrogens (primary N) is 1. The lowest BCUT2D eigenvalue weighted by Gasteiger charge is -2.08. The van der Waals surface area contributed by atoms with Crippen molar-refractivity contribution in [2.75, 3.05) is 5.73 Å². The highest BCUT2D eigenvalue weighted by atomic mass is 32.1. The molecule has 0 saturated heterocycles. The molecule has 4 rings (SSSR count). The van der Waals surface area contributed by atoms with E-state index in [4.69, 9.17) is 11.0 Å². The zero-order valence-corrected chi connectivity index (χ0v) is 12.9. The molecular formula is C17H14N4S. The Balaban J connectivity index is 1.85. The van der Waals surface area contributed by atoms with Gasteiger partial charge in [0.25, 0.3) is 0 Å². The van der Waals surface area contributed by atoms with Crippen molar-refractivity contribution in [2.45, 2.75) is 19.3 Å². The van der Waals surface area contributed by atoms with Gasteiger partial charge in [-0.3, -0.25) is 4.98 Å². The number of aryl methyl sites for hydroxylation is 1. The molecule has 2 atom stereocenters. The van der Waals surface area contributed by atoms with E-state index in [2.05, 4.69) is 34.5 Å². The van der Waals surface area contributed by atoms with E-state index in [0.717, 1.165) is 39.7 Å². The Kier molecular flexibility index (Phi) is 2.88. The summed E-state index contributed by atoms with van der Waals surface area (Å²) in [7, 11) is 0. The first-order chi connectivity index (χ1) is 10.7. The second-order valence-corrected chi connectivity index (χ2v) is 6.45. The van der Waals surface area contributed by atoms with Crippen molar-refractivity contribution in [3.05, 3.63) is 41.0 Å². The van der Waals surface area contributed by atoms with Crippen LogP contribution in [0.5, 0.6) is 0 Å². The monoisotopic (exact) mass is 306 g/mol. The topological polar surface area (TPSA) is 75.6 Å². The average Bonchev–Trinajstić information content (AvgIpc) is 3.19. The molecule has 0 bridgehead atoms. The number of benzene rings is 1. The zero-order valence-electron chi connectivity index (χ0n) is 12.1. The molecule has 2 aromatic heterocycles. The summed E-state index contributed by atoms with van der Waals surface area (Å²) in [5.74, 6) is 0.395. The first-order valence-electron chi connectivity index (χ1n) is 7.17. The van der Waals surface area contributed by atoms with Crippen LogP contribution in [0.2, 0.25) is 0 Å². The molecular weight excluding hydrogens is 292 g/mol. The van der Waals surface area contributed by atoms with E-state index >= 15 is 0 Å². The van der Waals surface area contributed by atoms with E-state index in [1.807, 2.05) is 17.6 Å². The standard InChI is InChI=1S/C17H14N4S/c1-9-8-22-21-17(9)11-2-10-5-16(13-3-12(13)6-18)20-7-14(10)15(19)4-11/h2,4-5,7-8,12-13H,3,19H2,1H3. The molecule has 0 aliphatic heterocycles. The molecule has 1 aromatic carbocycles. The minimum Gasteiger partial charge on any atom is -0.398 e. The molecule has 5 heteroatoms. The Bertz CT molecular complexity index is 922. The zero-order chi connectivity index (χ0) is 15.3. The molecule has 1 aliphatic rings. The van der Waals surface area contributed by atoms with Crippen LogP contribution in [0.3, 0.4) is 0 Å². The highest BCUT2D eigenvalue weighted by molar-refractivity contribution is 7.04. The van der Waals surface area contributed by atoms with Gasteiger partial charge < -0.3 is 5.73 Å². The van der Waals surface area contributed by atoms with Gasteiger partial charge in [-0.25, -0.2) is 0 Å². The summed E-state index contributed by atoms with van der Waals surface area (Å²) in [6, 6.07) is 8.46. The van der Waals surface area contributed by atoms with Gasteiger partial charge in [-0.05, 0) is 54.0 Å². The van der Waals surface area contributed by atoms with Crippen molar-refractivity contribution in [1.29, 1.82) is 5.26 Å². The molecule has 0 spiro atoms. The number of hydrogen-bond donors (Lipinski definition) is 1. The van der Waals surface area contributed by atoms with E-state index in [9.17, 15) is 0 Å². The number of rotatable bonds is 2. The Labute approximate surface area is 132 Å².